The zero-order chi connectivity index (χ0) is 30.3. The molecule has 3 aromatic carbocycles. The molecule has 1 fully saturated rings. The molecule has 0 saturated carbocycles. The van der Waals surface area contributed by atoms with E-state index in [4.69, 9.17) is 14.6 Å². The minimum atomic E-state index is -0.324. The Morgan fingerprint density at radius 2 is 1.80 bits per heavy atom. The molecule has 1 saturated heterocycles. The Labute approximate surface area is 259 Å². The highest BCUT2D eigenvalue weighted by Gasteiger charge is 2.35. The summed E-state index contributed by atoms with van der Waals surface area (Å²) in [7, 11) is 3.34. The number of carbonyl (C=O) groups excluding carboxylic acids is 1. The summed E-state index contributed by atoms with van der Waals surface area (Å²) < 4.78 is 11.2. The molecule has 0 spiro atoms. The molecule has 4 aromatic rings. The van der Waals surface area contributed by atoms with Crippen molar-refractivity contribution in [1.29, 1.82) is 0 Å². The van der Waals surface area contributed by atoms with Gasteiger partial charge in [0.15, 0.2) is 0 Å². The van der Waals surface area contributed by atoms with Crippen molar-refractivity contribution in [3.63, 3.8) is 0 Å². The number of nitrogens with zero attached hydrogens (tertiary/aromatic N) is 2. The molecule has 2 aliphatic heterocycles. The molecule has 6 rings (SSSR count). The molecule has 2 atom stereocenters. The van der Waals surface area contributed by atoms with Crippen molar-refractivity contribution in [1.82, 2.24) is 25.9 Å². The number of fused-ring (bicyclic) bond motifs is 1. The number of methoxy groups -OCH3 is 2. The molecule has 1 unspecified atom stereocenters. The van der Waals surface area contributed by atoms with Gasteiger partial charge in [-0.1, -0.05) is 48.5 Å². The van der Waals surface area contributed by atoms with Crippen LogP contribution in [0.4, 0.5) is 0 Å². The number of aromatic amines is 1. The first-order chi connectivity index (χ1) is 21.6. The lowest BCUT2D eigenvalue weighted by molar-refractivity contribution is -0.126. The Morgan fingerprint density at radius 3 is 2.59 bits per heavy atom. The lowest BCUT2D eigenvalue weighted by atomic mass is 9.95. The lowest BCUT2D eigenvalue weighted by Crippen LogP contribution is -2.52. The van der Waals surface area contributed by atoms with Gasteiger partial charge in [0.05, 0.1) is 20.3 Å². The fourth-order valence-corrected chi connectivity index (χ4v) is 6.34. The third-order valence-corrected chi connectivity index (χ3v) is 8.82. The lowest BCUT2D eigenvalue weighted by Gasteiger charge is -2.32. The number of carbonyl (C=O) groups is 1. The van der Waals surface area contributed by atoms with Crippen LogP contribution < -0.4 is 25.5 Å². The van der Waals surface area contributed by atoms with Gasteiger partial charge in [-0.25, -0.2) is 0 Å². The molecule has 9 heteroatoms. The first kappa shape index (κ1) is 29.6. The fourth-order valence-electron chi connectivity index (χ4n) is 6.34. The van der Waals surface area contributed by atoms with Crippen LogP contribution in [0.1, 0.15) is 36.0 Å². The summed E-state index contributed by atoms with van der Waals surface area (Å²) >= 11 is 0. The molecule has 0 bridgehead atoms. The van der Waals surface area contributed by atoms with E-state index in [2.05, 4.69) is 74.6 Å². The van der Waals surface area contributed by atoms with Gasteiger partial charge in [0.1, 0.15) is 23.5 Å². The number of nitrogens with one attached hydrogen (secondary N) is 4. The average Bonchev–Trinajstić information content (AvgIpc) is 3.68. The zero-order valence-corrected chi connectivity index (χ0v) is 25.5. The van der Waals surface area contributed by atoms with Crippen molar-refractivity contribution in [2.75, 3.05) is 27.3 Å². The molecular weight excluding hydrogens is 552 g/mol. The number of rotatable bonds is 12. The summed E-state index contributed by atoms with van der Waals surface area (Å²) in [4.78, 5) is 19.4. The fraction of sp³-hybridized carbons (Fsp3) is 0.371. The van der Waals surface area contributed by atoms with E-state index < -0.39 is 0 Å². The second-order valence-corrected chi connectivity index (χ2v) is 11.6. The molecule has 0 aliphatic carbocycles. The molecular formula is C35H42N6O3. The third kappa shape index (κ3) is 6.68. The van der Waals surface area contributed by atoms with Crippen LogP contribution in [-0.4, -0.2) is 61.1 Å². The van der Waals surface area contributed by atoms with E-state index in [9.17, 15) is 4.79 Å². The molecule has 0 radical (unpaired) electrons. The summed E-state index contributed by atoms with van der Waals surface area (Å²) in [5, 5.41) is 12.9. The van der Waals surface area contributed by atoms with E-state index in [1.807, 2.05) is 30.3 Å². The maximum absolute atomic E-state index is 13.7. The van der Waals surface area contributed by atoms with Crippen molar-refractivity contribution >= 4 is 22.6 Å². The van der Waals surface area contributed by atoms with Crippen LogP contribution in [-0.2, 0) is 24.2 Å². The number of hydrogen-bond acceptors (Lipinski definition) is 7. The molecule has 9 nitrogen and oxygen atoms in total. The van der Waals surface area contributed by atoms with E-state index in [0.29, 0.717) is 13.0 Å². The molecule has 1 amide bonds. The highest BCUT2D eigenvalue weighted by molar-refractivity contribution is 5.94. The number of amidine groups is 1. The molecule has 2 aliphatic rings. The van der Waals surface area contributed by atoms with Crippen LogP contribution in [0.25, 0.3) is 10.9 Å². The number of hydrazone groups is 1. The minimum absolute atomic E-state index is 0.0132. The maximum Gasteiger partial charge on any atom is 0.223 e. The zero-order valence-electron chi connectivity index (χ0n) is 25.5. The number of aromatic nitrogens is 1. The number of amides is 1. The molecule has 44 heavy (non-hydrogen) atoms. The Morgan fingerprint density at radius 1 is 1.00 bits per heavy atom. The van der Waals surface area contributed by atoms with Crippen LogP contribution in [0.2, 0.25) is 0 Å². The van der Waals surface area contributed by atoms with Gasteiger partial charge in [-0.15, -0.1) is 0 Å². The number of piperidine rings is 1. The second-order valence-electron chi connectivity index (χ2n) is 11.6. The number of aryl methyl sites for hydroxylation is 1. The molecule has 1 aromatic heterocycles. The summed E-state index contributed by atoms with van der Waals surface area (Å²) in [6.45, 7) is 2.28. The first-order valence-electron chi connectivity index (χ1n) is 15.5. The van der Waals surface area contributed by atoms with Gasteiger partial charge < -0.3 is 30.0 Å². The summed E-state index contributed by atoms with van der Waals surface area (Å²) in [5.74, 6) is 2.40. The largest absolute Gasteiger partial charge is 0.497 e. The van der Waals surface area contributed by atoms with Crippen LogP contribution in [0.15, 0.2) is 84.1 Å². The number of H-pyrrole nitrogens is 1. The number of para-hydroxylation sites is 1. The van der Waals surface area contributed by atoms with E-state index in [1.54, 1.807) is 14.2 Å². The van der Waals surface area contributed by atoms with Crippen molar-refractivity contribution in [3.8, 4) is 11.5 Å². The Hall–Kier alpha value is -4.50. The van der Waals surface area contributed by atoms with Crippen molar-refractivity contribution in [3.05, 3.63) is 95.7 Å². The minimum Gasteiger partial charge on any atom is -0.497 e. The third-order valence-electron chi connectivity index (χ3n) is 8.82. The van der Waals surface area contributed by atoms with Crippen LogP contribution in [0, 0.1) is 5.92 Å². The van der Waals surface area contributed by atoms with E-state index >= 15 is 0 Å². The van der Waals surface area contributed by atoms with Crippen LogP contribution in [0.3, 0.4) is 0 Å². The van der Waals surface area contributed by atoms with E-state index in [1.165, 1.54) is 5.56 Å². The topological polar surface area (TPSA) is 103 Å². The SMILES string of the molecule is COc1ccc(CN2C([C@@H](Cc3c[nH]c4ccccc34)NC(=O)C3CCNCC3)=NNC2CCc2ccccc2)c(OC)c1. The molecule has 230 valence electrons. The maximum atomic E-state index is 13.7. The van der Waals surface area contributed by atoms with Crippen molar-refractivity contribution in [2.24, 2.45) is 11.0 Å². The highest BCUT2D eigenvalue weighted by Crippen LogP contribution is 2.29. The quantitative estimate of drug-likeness (QED) is 0.191. The predicted molar refractivity (Wildman–Crippen MR) is 174 cm³/mol. The summed E-state index contributed by atoms with van der Waals surface area (Å²) in [6.07, 6.45) is 6.03. The Bertz CT molecular complexity index is 1580. The average molecular weight is 595 g/mol. The molecule has 4 N–H and O–H groups in total. The van der Waals surface area contributed by atoms with Gasteiger partial charge in [-0.3, -0.25) is 10.2 Å². The number of hydrogen-bond donors (Lipinski definition) is 4. The van der Waals surface area contributed by atoms with Gasteiger partial charge in [-0.05, 0) is 68.1 Å². The monoisotopic (exact) mass is 594 g/mol. The van der Waals surface area contributed by atoms with Crippen molar-refractivity contribution < 1.29 is 14.3 Å². The van der Waals surface area contributed by atoms with Gasteiger partial charge in [0.25, 0.3) is 0 Å². The Balaban J connectivity index is 1.32. The number of ether oxygens (including phenoxy) is 2. The number of benzene rings is 3. The van der Waals surface area contributed by atoms with Crippen molar-refractivity contribution in [2.45, 2.75) is 50.9 Å². The second kappa shape index (κ2) is 13.9. The predicted octanol–water partition coefficient (Wildman–Crippen LogP) is 4.59. The summed E-state index contributed by atoms with van der Waals surface area (Å²) in [5.41, 5.74) is 7.96. The Kier molecular flexibility index (Phi) is 9.31. The normalized spacial score (nSPS) is 17.6. The van der Waals surface area contributed by atoms with Crippen LogP contribution >= 0.6 is 0 Å². The van der Waals surface area contributed by atoms with E-state index in [-0.39, 0.29) is 24.0 Å². The van der Waals surface area contributed by atoms with Gasteiger partial charge in [0.2, 0.25) is 5.91 Å². The standard InChI is InChI=1S/C35H42N6O3/c1-43-28-14-13-26(32(21-28)44-2)23-41-33(15-12-24-8-4-3-5-9-24)39-40-34(41)31(38-35(42)25-16-18-36-19-17-25)20-27-22-37-30-11-7-6-10-29(27)30/h3-11,13-14,21-22,25,31,33,36-37,39H,12,15-20,23H2,1-2H3,(H,38,42)/t31-,33?/m1/s1. The van der Waals surface area contributed by atoms with Crippen LogP contribution in [0.5, 0.6) is 11.5 Å². The highest BCUT2D eigenvalue weighted by atomic mass is 16.5. The van der Waals surface area contributed by atoms with Gasteiger partial charge in [-0.2, -0.15) is 5.10 Å². The first-order valence-corrected chi connectivity index (χ1v) is 15.5. The molecule has 3 heterocycles. The van der Waals surface area contributed by atoms with E-state index in [0.717, 1.165) is 78.1 Å². The smallest absolute Gasteiger partial charge is 0.223 e. The summed E-state index contributed by atoms with van der Waals surface area (Å²) in [6, 6.07) is 24.4. The van der Waals surface area contributed by atoms with Gasteiger partial charge in [0, 0.05) is 47.6 Å². The van der Waals surface area contributed by atoms with Gasteiger partial charge >= 0.3 is 0 Å².